The molecule has 0 radical (unpaired) electrons. The van der Waals surface area contributed by atoms with E-state index >= 15 is 0 Å². The molecule has 0 atom stereocenters. The standard InChI is InChI=1S/C14H19NO4/c1-9-10(8-16)6-7-11(18-5)12(9)15-13(17)19-14(2,3)4/h6-8H,1-5H3,(H,15,17). The van der Waals surface area contributed by atoms with Crippen LogP contribution in [0.5, 0.6) is 5.75 Å². The van der Waals surface area contributed by atoms with Crippen LogP contribution in [-0.2, 0) is 4.74 Å². The highest BCUT2D eigenvalue weighted by molar-refractivity contribution is 5.91. The number of hydrogen-bond donors (Lipinski definition) is 1. The van der Waals surface area contributed by atoms with E-state index in [0.29, 0.717) is 22.6 Å². The van der Waals surface area contributed by atoms with Crippen molar-refractivity contribution in [1.82, 2.24) is 0 Å². The SMILES string of the molecule is COc1ccc(C=O)c(C)c1NC(=O)OC(C)(C)C. The predicted octanol–water partition coefficient (Wildman–Crippen LogP) is 3.16. The van der Waals surface area contributed by atoms with Gasteiger partial charge in [0, 0.05) is 5.56 Å². The number of hydrogen-bond acceptors (Lipinski definition) is 4. The maximum Gasteiger partial charge on any atom is 0.412 e. The zero-order valence-electron chi connectivity index (χ0n) is 11.9. The Morgan fingerprint density at radius 2 is 1.95 bits per heavy atom. The summed E-state index contributed by atoms with van der Waals surface area (Å²) < 4.78 is 10.3. The lowest BCUT2D eigenvalue weighted by Gasteiger charge is -2.21. The quantitative estimate of drug-likeness (QED) is 0.852. The van der Waals surface area contributed by atoms with E-state index in [2.05, 4.69) is 5.32 Å². The molecule has 1 N–H and O–H groups in total. The monoisotopic (exact) mass is 265 g/mol. The molecule has 0 saturated carbocycles. The molecule has 0 heterocycles. The van der Waals surface area contributed by atoms with Gasteiger partial charge in [0.05, 0.1) is 12.8 Å². The fraction of sp³-hybridized carbons (Fsp3) is 0.429. The van der Waals surface area contributed by atoms with Crippen molar-refractivity contribution in [3.8, 4) is 5.75 Å². The molecule has 5 heteroatoms. The first-order chi connectivity index (χ1) is 8.78. The average Bonchev–Trinajstić information content (AvgIpc) is 2.29. The van der Waals surface area contributed by atoms with Crippen LogP contribution in [0.25, 0.3) is 0 Å². The molecule has 1 amide bonds. The van der Waals surface area contributed by atoms with E-state index in [4.69, 9.17) is 9.47 Å². The van der Waals surface area contributed by atoms with Gasteiger partial charge in [-0.15, -0.1) is 0 Å². The third-order valence-corrected chi connectivity index (χ3v) is 2.44. The van der Waals surface area contributed by atoms with Gasteiger partial charge in [-0.2, -0.15) is 0 Å². The molecule has 0 aliphatic carbocycles. The van der Waals surface area contributed by atoms with Crippen LogP contribution in [0.2, 0.25) is 0 Å². The van der Waals surface area contributed by atoms with E-state index in [1.165, 1.54) is 7.11 Å². The van der Waals surface area contributed by atoms with E-state index in [-0.39, 0.29) is 0 Å². The highest BCUT2D eigenvalue weighted by Crippen LogP contribution is 2.30. The Hall–Kier alpha value is -2.04. The van der Waals surface area contributed by atoms with Crippen LogP contribution in [0.15, 0.2) is 12.1 Å². The van der Waals surface area contributed by atoms with E-state index in [0.717, 1.165) is 6.29 Å². The molecule has 1 aromatic carbocycles. The highest BCUT2D eigenvalue weighted by Gasteiger charge is 2.19. The van der Waals surface area contributed by atoms with Crippen LogP contribution in [0, 0.1) is 6.92 Å². The summed E-state index contributed by atoms with van der Waals surface area (Å²) in [7, 11) is 1.50. The number of aldehydes is 1. The Labute approximate surface area is 112 Å². The van der Waals surface area contributed by atoms with Gasteiger partial charge in [0.25, 0.3) is 0 Å². The van der Waals surface area contributed by atoms with E-state index in [1.807, 2.05) is 0 Å². The molecule has 104 valence electrons. The largest absolute Gasteiger partial charge is 0.495 e. The van der Waals surface area contributed by atoms with Crippen molar-refractivity contribution in [2.24, 2.45) is 0 Å². The molecule has 0 aliphatic rings. The molecular weight excluding hydrogens is 246 g/mol. The number of carbonyl (C=O) groups is 2. The average molecular weight is 265 g/mol. The van der Waals surface area contributed by atoms with E-state index in [9.17, 15) is 9.59 Å². The van der Waals surface area contributed by atoms with Crippen molar-refractivity contribution in [2.45, 2.75) is 33.3 Å². The Kier molecular flexibility index (Phi) is 4.53. The summed E-state index contributed by atoms with van der Waals surface area (Å²) in [6.45, 7) is 7.06. The smallest absolute Gasteiger partial charge is 0.412 e. The van der Waals surface area contributed by atoms with Crippen molar-refractivity contribution in [3.63, 3.8) is 0 Å². The lowest BCUT2D eigenvalue weighted by Crippen LogP contribution is -2.27. The topological polar surface area (TPSA) is 64.6 Å². The van der Waals surface area contributed by atoms with E-state index < -0.39 is 11.7 Å². The number of anilines is 1. The van der Waals surface area contributed by atoms with Gasteiger partial charge in [-0.05, 0) is 45.4 Å². The zero-order chi connectivity index (χ0) is 14.6. The predicted molar refractivity (Wildman–Crippen MR) is 73.0 cm³/mol. The second-order valence-corrected chi connectivity index (χ2v) is 5.10. The van der Waals surface area contributed by atoms with Crippen molar-refractivity contribution >= 4 is 18.1 Å². The summed E-state index contributed by atoms with van der Waals surface area (Å²) in [6.07, 6.45) is 0.145. The number of nitrogens with one attached hydrogen (secondary N) is 1. The van der Waals surface area contributed by atoms with Crippen molar-refractivity contribution in [2.75, 3.05) is 12.4 Å². The van der Waals surface area contributed by atoms with Gasteiger partial charge in [-0.25, -0.2) is 4.79 Å². The molecule has 1 aromatic rings. The number of rotatable bonds is 3. The lowest BCUT2D eigenvalue weighted by molar-refractivity contribution is 0.0635. The molecule has 0 saturated heterocycles. The number of ether oxygens (including phenoxy) is 2. The second kappa shape index (κ2) is 5.73. The molecule has 0 fully saturated rings. The summed E-state index contributed by atoms with van der Waals surface area (Å²) in [4.78, 5) is 22.7. The number of benzene rings is 1. The molecule has 0 aliphatic heterocycles. The molecular formula is C14H19NO4. The number of amides is 1. The molecule has 19 heavy (non-hydrogen) atoms. The minimum atomic E-state index is -0.590. The first-order valence-electron chi connectivity index (χ1n) is 5.91. The Morgan fingerprint density at radius 1 is 1.32 bits per heavy atom. The maximum absolute atomic E-state index is 11.8. The third kappa shape index (κ3) is 3.98. The first-order valence-corrected chi connectivity index (χ1v) is 5.91. The van der Waals surface area contributed by atoms with Crippen molar-refractivity contribution < 1.29 is 19.1 Å². The molecule has 0 unspecified atom stereocenters. The van der Waals surface area contributed by atoms with Crippen LogP contribution in [0.3, 0.4) is 0 Å². The fourth-order valence-electron chi connectivity index (χ4n) is 1.56. The van der Waals surface area contributed by atoms with Crippen LogP contribution in [0.1, 0.15) is 36.7 Å². The summed E-state index contributed by atoms with van der Waals surface area (Å²) >= 11 is 0. The van der Waals surface area contributed by atoms with Crippen LogP contribution in [-0.4, -0.2) is 25.1 Å². The Bertz CT molecular complexity index is 489. The van der Waals surface area contributed by atoms with Gasteiger partial charge in [0.15, 0.2) is 0 Å². The van der Waals surface area contributed by atoms with E-state index in [1.54, 1.807) is 39.8 Å². The molecule has 1 rings (SSSR count). The Morgan fingerprint density at radius 3 is 2.42 bits per heavy atom. The third-order valence-electron chi connectivity index (χ3n) is 2.44. The van der Waals surface area contributed by atoms with Gasteiger partial charge >= 0.3 is 6.09 Å². The number of carbonyl (C=O) groups excluding carboxylic acids is 2. The number of methoxy groups -OCH3 is 1. The van der Waals surface area contributed by atoms with Crippen LogP contribution < -0.4 is 10.1 Å². The first kappa shape index (κ1) is 15.0. The fourth-order valence-corrected chi connectivity index (χ4v) is 1.56. The summed E-state index contributed by atoms with van der Waals surface area (Å²) in [5, 5.41) is 2.62. The second-order valence-electron chi connectivity index (χ2n) is 5.10. The molecule has 0 aromatic heterocycles. The van der Waals surface area contributed by atoms with Crippen LogP contribution in [0.4, 0.5) is 10.5 Å². The van der Waals surface area contributed by atoms with Crippen molar-refractivity contribution in [1.29, 1.82) is 0 Å². The minimum absolute atomic E-state index is 0.446. The molecule has 5 nitrogen and oxygen atoms in total. The van der Waals surface area contributed by atoms with Gasteiger partial charge in [0.2, 0.25) is 0 Å². The zero-order valence-corrected chi connectivity index (χ0v) is 11.9. The van der Waals surface area contributed by atoms with Crippen LogP contribution >= 0.6 is 0 Å². The van der Waals surface area contributed by atoms with Gasteiger partial charge < -0.3 is 9.47 Å². The normalized spacial score (nSPS) is 10.8. The Balaban J connectivity index is 3.05. The molecule has 0 spiro atoms. The van der Waals surface area contributed by atoms with Crippen molar-refractivity contribution in [3.05, 3.63) is 23.3 Å². The summed E-state index contributed by atoms with van der Waals surface area (Å²) in [5.41, 5.74) is 0.987. The summed E-state index contributed by atoms with van der Waals surface area (Å²) in [5.74, 6) is 0.481. The van der Waals surface area contributed by atoms with Gasteiger partial charge in [-0.3, -0.25) is 10.1 Å². The minimum Gasteiger partial charge on any atom is -0.495 e. The maximum atomic E-state index is 11.8. The van der Waals surface area contributed by atoms with Gasteiger partial charge in [-0.1, -0.05) is 0 Å². The molecule has 0 bridgehead atoms. The lowest BCUT2D eigenvalue weighted by atomic mass is 10.1. The van der Waals surface area contributed by atoms with Gasteiger partial charge in [0.1, 0.15) is 17.6 Å². The highest BCUT2D eigenvalue weighted by atomic mass is 16.6. The summed E-state index contributed by atoms with van der Waals surface area (Å²) in [6, 6.07) is 3.27.